The average molecular weight is 608 g/mol. The van der Waals surface area contributed by atoms with Crippen molar-refractivity contribution in [2.75, 3.05) is 6.61 Å². The summed E-state index contributed by atoms with van der Waals surface area (Å²) in [4.78, 5) is 39.1. The average Bonchev–Trinajstić information content (AvgIpc) is 3.19. The van der Waals surface area contributed by atoms with E-state index in [1.165, 1.54) is 12.1 Å². The molecule has 2 unspecified atom stereocenters. The lowest BCUT2D eigenvalue weighted by atomic mass is 9.98. The van der Waals surface area contributed by atoms with Crippen molar-refractivity contribution in [3.05, 3.63) is 99.3 Å². The fourth-order valence-corrected chi connectivity index (χ4v) is 5.76. The first-order chi connectivity index (χ1) is 20.7. The summed E-state index contributed by atoms with van der Waals surface area (Å²) in [6.45, 7) is 3.43. The maximum Gasteiger partial charge on any atom is 0.459 e. The van der Waals surface area contributed by atoms with E-state index in [0.29, 0.717) is 10.1 Å². The van der Waals surface area contributed by atoms with Crippen molar-refractivity contribution in [2.24, 2.45) is 0 Å². The molecule has 1 aliphatic heterocycles. The van der Waals surface area contributed by atoms with Gasteiger partial charge in [-0.25, -0.2) is 13.8 Å². The Hall–Kier alpha value is -3.61. The highest BCUT2D eigenvalue weighted by atomic mass is 31.2. The number of ether oxygens (including phenoxy) is 2. The molecule has 42 heavy (non-hydrogen) atoms. The van der Waals surface area contributed by atoms with Gasteiger partial charge in [-0.15, -0.1) is 0 Å². The molecular weight excluding hydrogens is 572 g/mol. The first-order valence-electron chi connectivity index (χ1n) is 14.1. The van der Waals surface area contributed by atoms with E-state index in [9.17, 15) is 24.1 Å². The van der Waals surface area contributed by atoms with Crippen molar-refractivity contribution in [3.63, 3.8) is 0 Å². The van der Waals surface area contributed by atoms with Gasteiger partial charge in [0.2, 0.25) is 0 Å². The molecule has 3 aromatic rings. The zero-order valence-electron chi connectivity index (χ0n) is 25.1. The summed E-state index contributed by atoms with van der Waals surface area (Å²) in [6.07, 6.45) is -6.93. The number of hydrogen-bond donors (Lipinski definition) is 3. The quantitative estimate of drug-likeness (QED) is 0.207. The van der Waals surface area contributed by atoms with Gasteiger partial charge >= 0.3 is 19.4 Å². The predicted octanol–water partition coefficient (Wildman–Crippen LogP) is 2.88. The number of nitrogens with one attached hydrogen (secondary N) is 2. The molecule has 0 saturated carbocycles. The number of carbonyl (C=O) groups excluding carboxylic acids is 1. The molecule has 1 saturated heterocycles. The zero-order valence-corrected chi connectivity index (χ0v) is 24.0. The minimum Gasteiger partial charge on any atom is -0.462 e. The first-order valence-corrected chi connectivity index (χ1v) is 14.6. The maximum atomic E-state index is 15.8. The smallest absolute Gasteiger partial charge is 0.459 e. The molecular formula is C28H33FN3O9P. The number of hydrogen-bond acceptors (Lipinski definition) is 9. The molecule has 0 spiro atoms. The molecule has 3 N–H and O–H groups in total. The highest BCUT2D eigenvalue weighted by Gasteiger charge is 2.56. The molecule has 0 amide bonds. The maximum absolute atomic E-state index is 15.8. The van der Waals surface area contributed by atoms with Crippen LogP contribution >= 0.6 is 7.75 Å². The van der Waals surface area contributed by atoms with Crippen LogP contribution in [0.2, 0.25) is 0 Å². The Labute approximate surface area is 243 Å². The normalized spacial score (nSPS) is 24.9. The third-order valence-corrected chi connectivity index (χ3v) is 7.86. The number of aromatic nitrogens is 2. The molecule has 0 radical (unpaired) electrons. The predicted molar refractivity (Wildman–Crippen MR) is 150 cm³/mol. The van der Waals surface area contributed by atoms with Crippen LogP contribution in [0.15, 0.2) is 82.5 Å². The van der Waals surface area contributed by atoms with E-state index in [0.717, 1.165) is 6.92 Å². The van der Waals surface area contributed by atoms with E-state index < -0.39 is 80.0 Å². The number of aliphatic hydroxyl groups is 1. The van der Waals surface area contributed by atoms with Crippen LogP contribution < -0.4 is 20.9 Å². The molecule has 2 aromatic carbocycles. The summed E-state index contributed by atoms with van der Waals surface area (Å²) in [5.41, 5.74) is -4.41. The summed E-state index contributed by atoms with van der Waals surface area (Å²) in [5, 5.41) is 13.4. The molecule has 12 nitrogen and oxygen atoms in total. The summed E-state index contributed by atoms with van der Waals surface area (Å²) in [6, 6.07) is 14.6. The van der Waals surface area contributed by atoms with Crippen LogP contribution in [0.4, 0.5) is 4.39 Å². The van der Waals surface area contributed by atoms with Crippen LogP contribution in [0, 0.1) is 0 Å². The summed E-state index contributed by atoms with van der Waals surface area (Å²) in [7, 11) is -4.53. The number of para-hydroxylation sites is 1. The third-order valence-electron chi connectivity index (χ3n) is 6.29. The van der Waals surface area contributed by atoms with Gasteiger partial charge in [-0.05, 0) is 44.9 Å². The van der Waals surface area contributed by atoms with E-state index in [1.807, 2.05) is 4.98 Å². The second-order valence-corrected chi connectivity index (χ2v) is 11.7. The van der Waals surface area contributed by atoms with Crippen LogP contribution in [0.5, 0.6) is 5.75 Å². The minimum atomic E-state index is -4.53. The van der Waals surface area contributed by atoms with Crippen LogP contribution in [0.3, 0.4) is 0 Å². The third kappa shape index (κ3) is 7.61. The highest BCUT2D eigenvalue weighted by molar-refractivity contribution is 7.52. The van der Waals surface area contributed by atoms with Crippen LogP contribution in [0.25, 0.3) is 0 Å². The lowest BCUT2D eigenvalue weighted by Gasteiger charge is -2.27. The fraction of sp³-hybridized carbons (Fsp3) is 0.393. The Morgan fingerprint density at radius 2 is 1.86 bits per heavy atom. The summed E-state index contributed by atoms with van der Waals surface area (Å²) >= 11 is 0. The number of halogens is 1. The first kappa shape index (κ1) is 28.5. The fourth-order valence-electron chi connectivity index (χ4n) is 4.26. The van der Waals surface area contributed by atoms with Crippen LogP contribution in [-0.4, -0.2) is 57.3 Å². The molecule has 1 aromatic heterocycles. The van der Waals surface area contributed by atoms with E-state index in [2.05, 4.69) is 5.09 Å². The molecule has 4 rings (SSSR count). The summed E-state index contributed by atoms with van der Waals surface area (Å²) < 4.78 is 68.4. The largest absolute Gasteiger partial charge is 0.462 e. The minimum absolute atomic E-state index is 0.0297. The van der Waals surface area contributed by atoms with Gasteiger partial charge in [0.1, 0.15) is 24.0 Å². The number of aromatic amines is 1. The summed E-state index contributed by atoms with van der Waals surface area (Å²) in [5.74, 6) is -0.647. The molecule has 0 aliphatic carbocycles. The lowest BCUT2D eigenvalue weighted by molar-refractivity contribution is -0.149. The van der Waals surface area contributed by atoms with Crippen molar-refractivity contribution < 1.29 is 40.1 Å². The number of nitrogens with zero attached hydrogens (tertiary/aromatic N) is 1. The van der Waals surface area contributed by atoms with E-state index in [1.54, 1.807) is 62.4 Å². The number of esters is 1. The molecule has 6 atom stereocenters. The van der Waals surface area contributed by atoms with Crippen molar-refractivity contribution >= 4 is 13.7 Å². The van der Waals surface area contributed by atoms with Gasteiger partial charge in [0.25, 0.3) is 5.56 Å². The van der Waals surface area contributed by atoms with Crippen molar-refractivity contribution in [2.45, 2.75) is 63.4 Å². The Kier molecular flexibility index (Phi) is 8.92. The van der Waals surface area contributed by atoms with Gasteiger partial charge in [0, 0.05) is 12.2 Å². The lowest BCUT2D eigenvalue weighted by Crippen LogP contribution is -2.44. The second-order valence-electron chi connectivity index (χ2n) is 10.0. The van der Waals surface area contributed by atoms with E-state index in [4.69, 9.17) is 21.3 Å². The van der Waals surface area contributed by atoms with Crippen molar-refractivity contribution in [1.29, 1.82) is 0 Å². The monoisotopic (exact) mass is 607 g/mol. The molecule has 14 heteroatoms. The second kappa shape index (κ2) is 13.1. The highest BCUT2D eigenvalue weighted by Crippen LogP contribution is 2.47. The number of rotatable bonds is 12. The number of aliphatic hydroxyl groups excluding tert-OH is 1. The molecule has 2 heterocycles. The zero-order chi connectivity index (χ0) is 32.2. The van der Waals surface area contributed by atoms with E-state index >= 15 is 4.39 Å². The number of H-pyrrole nitrogens is 1. The van der Waals surface area contributed by atoms with Crippen LogP contribution in [0.1, 0.15) is 35.3 Å². The Balaban J connectivity index is 1.62. The molecule has 226 valence electrons. The molecule has 1 fully saturated rings. The van der Waals surface area contributed by atoms with Gasteiger partial charge in [-0.1, -0.05) is 48.5 Å². The van der Waals surface area contributed by atoms with Gasteiger partial charge in [0.15, 0.2) is 11.9 Å². The number of carbonyl (C=O) groups is 1. The Morgan fingerprint density at radius 3 is 2.50 bits per heavy atom. The number of benzene rings is 2. The van der Waals surface area contributed by atoms with Gasteiger partial charge in [-0.3, -0.25) is 23.7 Å². The molecule has 1 aliphatic rings. The van der Waals surface area contributed by atoms with Crippen molar-refractivity contribution in [3.8, 4) is 5.75 Å². The van der Waals surface area contributed by atoms with Gasteiger partial charge < -0.3 is 19.1 Å². The molecule has 0 bridgehead atoms. The number of alkyl halides is 1. The Bertz CT molecular complexity index is 1620. The Morgan fingerprint density at radius 1 is 1.21 bits per heavy atom. The van der Waals surface area contributed by atoms with E-state index in [-0.39, 0.29) is 12.2 Å². The SMILES string of the molecule is [2H]c1c([2H])n([C@@H]2O[C@H](COP(=O)(NC(Cc3ccccc3)C(=O)OC(C)C)Oc3ccccc3)[C@@H](O)[C@@]2(C)F)c(=O)[nH]c1=O. The van der Waals surface area contributed by atoms with Crippen molar-refractivity contribution in [1.82, 2.24) is 14.6 Å². The topological polar surface area (TPSA) is 158 Å². The van der Waals surface area contributed by atoms with Gasteiger partial charge in [0.05, 0.1) is 15.5 Å². The standard InChI is InChI=1S/C28H33FN3O9P/c1-18(2)39-25(35)21(16-19-10-6-4-7-11-19)31-42(37,41-20-12-8-5-9-13-20)38-17-22-24(34)28(3,29)26(40-22)32-15-14-23(33)30-27(32)36/h4-15,18,21-22,24,26,34H,16-17H2,1-3H3,(H,31,37)(H,30,33,36)/t21?,22-,24-,26-,28-,42?/m1/s1/i14D,15D. The van der Waals surface area contributed by atoms with Crippen LogP contribution in [-0.2, 0) is 29.8 Å². The van der Waals surface area contributed by atoms with Gasteiger partial charge in [-0.2, -0.15) is 5.09 Å².